The first-order valence-corrected chi connectivity index (χ1v) is 15.4. The number of nitrogens with zero attached hydrogens (tertiary/aromatic N) is 1. The van der Waals surface area contributed by atoms with Crippen molar-refractivity contribution < 1.29 is 4.74 Å². The second kappa shape index (κ2) is 8.81. The first-order valence-electron chi connectivity index (χ1n) is 13.8. The van der Waals surface area contributed by atoms with Crippen molar-refractivity contribution in [3.8, 4) is 11.5 Å². The Morgan fingerprint density at radius 1 is 0.439 bits per heavy atom. The number of fused-ring (bicyclic) bond motifs is 10. The molecule has 0 unspecified atom stereocenters. The fraction of sp³-hybridized carbons (Fsp3) is 0.0270. The summed E-state index contributed by atoms with van der Waals surface area (Å²) >= 11 is 3.70. The van der Waals surface area contributed by atoms with Crippen molar-refractivity contribution in [2.75, 3.05) is 4.90 Å². The third kappa shape index (κ3) is 3.23. The van der Waals surface area contributed by atoms with E-state index in [1.165, 1.54) is 53.2 Å². The van der Waals surface area contributed by atoms with Gasteiger partial charge in [0.05, 0.1) is 16.8 Å². The van der Waals surface area contributed by atoms with E-state index in [0.717, 1.165) is 17.2 Å². The number of rotatable bonds is 1. The van der Waals surface area contributed by atoms with Gasteiger partial charge in [0, 0.05) is 36.4 Å². The van der Waals surface area contributed by atoms with Crippen LogP contribution in [0.2, 0.25) is 0 Å². The summed E-state index contributed by atoms with van der Waals surface area (Å²) in [5.41, 5.74) is 8.01. The number of benzene rings is 6. The highest BCUT2D eigenvalue weighted by Crippen LogP contribution is 2.62. The van der Waals surface area contributed by atoms with Crippen molar-refractivity contribution >= 4 is 40.6 Å². The molecule has 1 spiro atoms. The van der Waals surface area contributed by atoms with Crippen LogP contribution in [0.5, 0.6) is 11.5 Å². The quantitative estimate of drug-likeness (QED) is 0.198. The lowest BCUT2D eigenvalue weighted by atomic mass is 9.63. The van der Waals surface area contributed by atoms with E-state index in [0.29, 0.717) is 0 Å². The SMILES string of the molecule is c1ccc2c(c1)Oc1ccccc1C21c2ccccc2Sc2ccc(N3c4ccccc4Sc4ccccc43)cc21. The molecule has 4 heteroatoms. The van der Waals surface area contributed by atoms with Gasteiger partial charge in [-0.3, -0.25) is 0 Å². The molecule has 0 saturated heterocycles. The van der Waals surface area contributed by atoms with Crippen LogP contribution in [0.25, 0.3) is 0 Å². The standard InChI is InChI=1S/C37H23NOS2/c1-6-16-31-25(11-1)37(26-12-2-7-17-32(26)39-31)27-13-3-8-18-33(27)40-34-22-21-24(23-28(34)37)38-29-14-4-9-19-35(29)41-36-20-10-5-15-30(36)38/h1-23H. The Balaban J connectivity index is 1.38. The van der Waals surface area contributed by atoms with E-state index < -0.39 is 5.41 Å². The minimum atomic E-state index is -0.512. The van der Waals surface area contributed by atoms with Gasteiger partial charge in [-0.15, -0.1) is 0 Å². The third-order valence-electron chi connectivity index (χ3n) is 8.37. The fourth-order valence-corrected chi connectivity index (χ4v) is 8.96. The Morgan fingerprint density at radius 2 is 0.927 bits per heavy atom. The minimum Gasteiger partial charge on any atom is -0.457 e. The molecule has 3 heterocycles. The third-order valence-corrected chi connectivity index (χ3v) is 10.7. The molecule has 194 valence electrons. The molecule has 9 rings (SSSR count). The highest BCUT2D eigenvalue weighted by molar-refractivity contribution is 8.00. The number of hydrogen-bond donors (Lipinski definition) is 0. The number of hydrogen-bond acceptors (Lipinski definition) is 4. The Morgan fingerprint density at radius 3 is 1.59 bits per heavy atom. The van der Waals surface area contributed by atoms with E-state index in [-0.39, 0.29) is 0 Å². The highest BCUT2D eigenvalue weighted by atomic mass is 32.2. The van der Waals surface area contributed by atoms with Crippen LogP contribution >= 0.6 is 23.5 Å². The maximum absolute atomic E-state index is 6.55. The normalized spacial score (nSPS) is 15.0. The fourth-order valence-electron chi connectivity index (χ4n) is 6.73. The van der Waals surface area contributed by atoms with Crippen molar-refractivity contribution in [3.63, 3.8) is 0 Å². The average molecular weight is 562 g/mol. The molecule has 0 saturated carbocycles. The summed E-state index contributed by atoms with van der Waals surface area (Å²) in [5, 5.41) is 0. The van der Waals surface area contributed by atoms with E-state index in [2.05, 4.69) is 144 Å². The highest BCUT2D eigenvalue weighted by Gasteiger charge is 2.49. The van der Waals surface area contributed by atoms with Gasteiger partial charge in [-0.05, 0) is 71.8 Å². The topological polar surface area (TPSA) is 12.5 Å². The van der Waals surface area contributed by atoms with E-state index in [4.69, 9.17) is 4.74 Å². The summed E-state index contributed by atoms with van der Waals surface area (Å²) in [6.45, 7) is 0. The number of para-hydroxylation sites is 4. The van der Waals surface area contributed by atoms with Crippen LogP contribution in [0.4, 0.5) is 17.1 Å². The first-order chi connectivity index (χ1) is 20.3. The van der Waals surface area contributed by atoms with Crippen LogP contribution in [0.3, 0.4) is 0 Å². The van der Waals surface area contributed by atoms with E-state index in [9.17, 15) is 0 Å². The van der Waals surface area contributed by atoms with Gasteiger partial charge in [0.25, 0.3) is 0 Å². The number of anilines is 3. The molecule has 0 amide bonds. The van der Waals surface area contributed by atoms with E-state index in [1.54, 1.807) is 0 Å². The minimum absolute atomic E-state index is 0.512. The molecular formula is C37H23NOS2. The van der Waals surface area contributed by atoms with Crippen molar-refractivity contribution in [1.82, 2.24) is 0 Å². The molecule has 3 aliphatic heterocycles. The van der Waals surface area contributed by atoms with Gasteiger partial charge in [0.2, 0.25) is 0 Å². The zero-order chi connectivity index (χ0) is 27.0. The van der Waals surface area contributed by atoms with Crippen LogP contribution in [-0.2, 0) is 5.41 Å². The summed E-state index contributed by atoms with van der Waals surface area (Å²) in [5.74, 6) is 1.82. The average Bonchev–Trinajstić information content (AvgIpc) is 3.03. The lowest BCUT2D eigenvalue weighted by Crippen LogP contribution is -2.36. The maximum Gasteiger partial charge on any atom is 0.132 e. The summed E-state index contributed by atoms with van der Waals surface area (Å²) in [6, 6.07) is 50.5. The van der Waals surface area contributed by atoms with Crippen molar-refractivity contribution in [1.29, 1.82) is 0 Å². The monoisotopic (exact) mass is 561 g/mol. The molecule has 0 fully saturated rings. The summed E-state index contributed by atoms with van der Waals surface area (Å²) in [4.78, 5) is 7.51. The van der Waals surface area contributed by atoms with Crippen LogP contribution < -0.4 is 9.64 Å². The Labute approximate surface area is 247 Å². The van der Waals surface area contributed by atoms with Gasteiger partial charge < -0.3 is 9.64 Å². The Hall–Kier alpha value is -4.38. The van der Waals surface area contributed by atoms with E-state index >= 15 is 0 Å². The van der Waals surface area contributed by atoms with Crippen LogP contribution in [0.15, 0.2) is 159 Å². The van der Waals surface area contributed by atoms with Crippen LogP contribution in [-0.4, -0.2) is 0 Å². The smallest absolute Gasteiger partial charge is 0.132 e. The van der Waals surface area contributed by atoms with Crippen LogP contribution in [0.1, 0.15) is 22.3 Å². The predicted octanol–water partition coefficient (Wildman–Crippen LogP) is 10.6. The van der Waals surface area contributed by atoms with Gasteiger partial charge >= 0.3 is 0 Å². The van der Waals surface area contributed by atoms with Crippen molar-refractivity contribution in [2.45, 2.75) is 25.0 Å². The largest absolute Gasteiger partial charge is 0.457 e. The molecular weight excluding hydrogens is 539 g/mol. The maximum atomic E-state index is 6.55. The van der Waals surface area contributed by atoms with Gasteiger partial charge in [-0.2, -0.15) is 0 Å². The van der Waals surface area contributed by atoms with E-state index in [1.807, 2.05) is 23.5 Å². The van der Waals surface area contributed by atoms with Crippen molar-refractivity contribution in [3.05, 3.63) is 162 Å². The molecule has 0 radical (unpaired) electrons. The summed E-state index contributed by atoms with van der Waals surface area (Å²) in [7, 11) is 0. The molecule has 0 aliphatic carbocycles. The number of ether oxygens (including phenoxy) is 1. The molecule has 0 bridgehead atoms. The van der Waals surface area contributed by atoms with Gasteiger partial charge in [0.15, 0.2) is 0 Å². The lowest BCUT2D eigenvalue weighted by molar-refractivity contribution is 0.431. The predicted molar refractivity (Wildman–Crippen MR) is 168 cm³/mol. The molecule has 6 aromatic carbocycles. The van der Waals surface area contributed by atoms with Gasteiger partial charge in [-0.1, -0.05) is 102 Å². The van der Waals surface area contributed by atoms with Crippen molar-refractivity contribution in [2.24, 2.45) is 0 Å². The first kappa shape index (κ1) is 23.3. The molecule has 0 aromatic heterocycles. The van der Waals surface area contributed by atoms with Gasteiger partial charge in [-0.25, -0.2) is 0 Å². The molecule has 6 aromatic rings. The van der Waals surface area contributed by atoms with Crippen LogP contribution in [0, 0.1) is 0 Å². The molecule has 2 nitrogen and oxygen atoms in total. The second-order valence-electron chi connectivity index (χ2n) is 10.5. The zero-order valence-electron chi connectivity index (χ0n) is 22.0. The molecule has 3 aliphatic rings. The Bertz CT molecular complexity index is 1870. The van der Waals surface area contributed by atoms with Gasteiger partial charge in [0.1, 0.15) is 11.5 Å². The molecule has 41 heavy (non-hydrogen) atoms. The lowest BCUT2D eigenvalue weighted by Gasteiger charge is -2.45. The molecule has 0 N–H and O–H groups in total. The Kier molecular flexibility index (Phi) is 5.01. The summed E-state index contributed by atoms with van der Waals surface area (Å²) < 4.78 is 6.55. The molecule has 0 atom stereocenters. The summed E-state index contributed by atoms with van der Waals surface area (Å²) in [6.07, 6.45) is 0. The second-order valence-corrected chi connectivity index (χ2v) is 12.7. The zero-order valence-corrected chi connectivity index (χ0v) is 23.6.